The lowest BCUT2D eigenvalue weighted by Gasteiger charge is -2.38. The lowest BCUT2D eigenvalue weighted by Crippen LogP contribution is -2.43. The van der Waals surface area contributed by atoms with Crippen molar-refractivity contribution < 1.29 is 4.74 Å². The van der Waals surface area contributed by atoms with E-state index >= 15 is 0 Å². The van der Waals surface area contributed by atoms with Crippen LogP contribution in [0, 0.1) is 0 Å². The van der Waals surface area contributed by atoms with Gasteiger partial charge in [-0.1, -0.05) is 55.8 Å². The SMILES string of the molecule is S=C(NCC1(c2cccc(Cl)c2)CCCCC1)Nc1nc(N2CCCCCC2)cc(N2CCOCC2)n1. The summed E-state index contributed by atoms with van der Waals surface area (Å²) in [6.07, 6.45) is 11.0. The van der Waals surface area contributed by atoms with E-state index in [4.69, 9.17) is 38.5 Å². The Morgan fingerprint density at radius 3 is 2.22 bits per heavy atom. The maximum Gasteiger partial charge on any atom is 0.232 e. The number of nitrogens with one attached hydrogen (secondary N) is 2. The van der Waals surface area contributed by atoms with Gasteiger partial charge in [0.05, 0.1) is 13.2 Å². The minimum absolute atomic E-state index is 0.0304. The Hall–Kier alpha value is -2.16. The molecule has 37 heavy (non-hydrogen) atoms. The Labute approximate surface area is 231 Å². The molecule has 1 aromatic heterocycles. The van der Waals surface area contributed by atoms with Crippen LogP contribution in [0.3, 0.4) is 0 Å². The minimum Gasteiger partial charge on any atom is -0.378 e. The van der Waals surface area contributed by atoms with E-state index in [1.165, 1.54) is 50.5 Å². The Bertz CT molecular complexity index is 1050. The Kier molecular flexibility index (Phi) is 9.00. The highest BCUT2D eigenvalue weighted by Crippen LogP contribution is 2.39. The average Bonchev–Trinajstić information content (AvgIpc) is 3.23. The lowest BCUT2D eigenvalue weighted by atomic mass is 9.69. The van der Waals surface area contributed by atoms with Crippen LogP contribution in [0.4, 0.5) is 17.6 Å². The predicted molar refractivity (Wildman–Crippen MR) is 156 cm³/mol. The number of hydrogen-bond acceptors (Lipinski definition) is 6. The summed E-state index contributed by atoms with van der Waals surface area (Å²) in [5.41, 5.74) is 1.33. The van der Waals surface area contributed by atoms with E-state index in [9.17, 15) is 0 Å². The van der Waals surface area contributed by atoms with Crippen molar-refractivity contribution in [2.75, 3.05) is 61.1 Å². The van der Waals surface area contributed by atoms with Gasteiger partial charge in [-0.3, -0.25) is 0 Å². The van der Waals surface area contributed by atoms with Crippen molar-refractivity contribution in [1.29, 1.82) is 0 Å². The molecule has 9 heteroatoms. The molecule has 5 rings (SSSR count). The number of benzene rings is 1. The highest BCUT2D eigenvalue weighted by atomic mass is 35.5. The van der Waals surface area contributed by atoms with E-state index < -0.39 is 0 Å². The largest absolute Gasteiger partial charge is 0.378 e. The van der Waals surface area contributed by atoms with Gasteiger partial charge in [-0.15, -0.1) is 0 Å². The summed E-state index contributed by atoms with van der Waals surface area (Å²) in [5, 5.41) is 8.19. The van der Waals surface area contributed by atoms with E-state index in [1.54, 1.807) is 0 Å². The van der Waals surface area contributed by atoms with E-state index in [0.29, 0.717) is 11.1 Å². The molecule has 200 valence electrons. The molecule has 2 N–H and O–H groups in total. The van der Waals surface area contributed by atoms with E-state index in [2.05, 4.69) is 44.7 Å². The first-order chi connectivity index (χ1) is 18.1. The van der Waals surface area contributed by atoms with Crippen molar-refractivity contribution in [3.63, 3.8) is 0 Å². The molecule has 0 atom stereocenters. The van der Waals surface area contributed by atoms with Crippen molar-refractivity contribution in [2.24, 2.45) is 0 Å². The molecule has 2 saturated heterocycles. The molecule has 2 aromatic rings. The van der Waals surface area contributed by atoms with Crippen LogP contribution in [0.1, 0.15) is 63.4 Å². The van der Waals surface area contributed by atoms with Gasteiger partial charge in [0.1, 0.15) is 11.6 Å². The number of rotatable bonds is 6. The molecule has 0 amide bonds. The summed E-state index contributed by atoms with van der Waals surface area (Å²) in [6, 6.07) is 10.5. The third-order valence-corrected chi connectivity index (χ3v) is 8.51. The van der Waals surface area contributed by atoms with Gasteiger partial charge in [0.15, 0.2) is 5.11 Å². The van der Waals surface area contributed by atoms with Crippen LogP contribution in [0.2, 0.25) is 5.02 Å². The quantitative estimate of drug-likeness (QED) is 0.462. The Morgan fingerprint density at radius 1 is 0.892 bits per heavy atom. The number of ether oxygens (including phenoxy) is 1. The van der Waals surface area contributed by atoms with Crippen LogP contribution >= 0.6 is 23.8 Å². The molecule has 2 aliphatic heterocycles. The minimum atomic E-state index is 0.0304. The Balaban J connectivity index is 1.32. The van der Waals surface area contributed by atoms with Gasteiger partial charge >= 0.3 is 0 Å². The summed E-state index contributed by atoms with van der Waals surface area (Å²) >= 11 is 12.1. The van der Waals surface area contributed by atoms with Gasteiger partial charge in [-0.25, -0.2) is 0 Å². The van der Waals surface area contributed by atoms with Crippen molar-refractivity contribution >= 4 is 46.5 Å². The fraction of sp³-hybridized carbons (Fsp3) is 0.607. The normalized spacial score (nSPS) is 20.2. The Morgan fingerprint density at radius 2 is 1.54 bits per heavy atom. The standard InChI is InChI=1S/C28H39ClN6OS/c29-23-10-8-9-22(19-23)28(11-4-3-5-12-28)21-30-27(37)33-26-31-24(34-13-6-1-2-7-14-34)20-25(32-26)35-15-17-36-18-16-35/h8-10,19-20H,1-7,11-18,21H2,(H2,30,31,32,33,37). The highest BCUT2D eigenvalue weighted by molar-refractivity contribution is 7.80. The summed E-state index contributed by atoms with van der Waals surface area (Å²) in [7, 11) is 0. The number of morpholine rings is 1. The van der Waals surface area contributed by atoms with Crippen molar-refractivity contribution in [3.05, 3.63) is 40.9 Å². The molecule has 3 fully saturated rings. The zero-order valence-corrected chi connectivity index (χ0v) is 23.3. The molecule has 0 spiro atoms. The van der Waals surface area contributed by atoms with Gasteiger partial charge in [0, 0.05) is 49.2 Å². The van der Waals surface area contributed by atoms with E-state index in [1.807, 2.05) is 6.07 Å². The number of nitrogens with zero attached hydrogens (tertiary/aromatic N) is 4. The number of anilines is 3. The van der Waals surface area contributed by atoms with Crippen LogP contribution in [0.25, 0.3) is 0 Å². The molecule has 0 radical (unpaired) electrons. The smallest absolute Gasteiger partial charge is 0.232 e. The zero-order valence-electron chi connectivity index (χ0n) is 21.7. The maximum absolute atomic E-state index is 6.37. The first kappa shape index (κ1) is 26.4. The molecule has 0 bridgehead atoms. The van der Waals surface area contributed by atoms with Crippen LogP contribution in [0.5, 0.6) is 0 Å². The van der Waals surface area contributed by atoms with E-state index in [-0.39, 0.29) is 5.41 Å². The number of thiocarbonyl (C=S) groups is 1. The van der Waals surface area contributed by atoms with Crippen LogP contribution < -0.4 is 20.4 Å². The third kappa shape index (κ3) is 6.84. The summed E-state index contributed by atoms with van der Waals surface area (Å²) in [4.78, 5) is 14.5. The summed E-state index contributed by atoms with van der Waals surface area (Å²) in [6.45, 7) is 5.94. The topological polar surface area (TPSA) is 65.6 Å². The van der Waals surface area contributed by atoms with Crippen LogP contribution in [-0.2, 0) is 10.2 Å². The van der Waals surface area contributed by atoms with Gasteiger partial charge in [-0.05, 0) is 55.6 Å². The molecule has 7 nitrogen and oxygen atoms in total. The van der Waals surface area contributed by atoms with Crippen LogP contribution in [0.15, 0.2) is 30.3 Å². The summed E-state index contributed by atoms with van der Waals surface area (Å²) in [5.74, 6) is 2.47. The molecule has 3 aliphatic rings. The average molecular weight is 543 g/mol. The van der Waals surface area contributed by atoms with Crippen molar-refractivity contribution in [1.82, 2.24) is 15.3 Å². The fourth-order valence-electron chi connectivity index (χ4n) is 5.90. The first-order valence-corrected chi connectivity index (χ1v) is 14.7. The molecule has 3 heterocycles. The van der Waals surface area contributed by atoms with Gasteiger partial charge in [0.25, 0.3) is 0 Å². The molecule has 0 unspecified atom stereocenters. The van der Waals surface area contributed by atoms with Crippen LogP contribution in [-0.4, -0.2) is 61.0 Å². The van der Waals surface area contributed by atoms with Gasteiger partial charge < -0.3 is 25.2 Å². The predicted octanol–water partition coefficient (Wildman–Crippen LogP) is 5.54. The van der Waals surface area contributed by atoms with Crippen molar-refractivity contribution in [2.45, 2.75) is 63.2 Å². The van der Waals surface area contributed by atoms with E-state index in [0.717, 1.165) is 75.4 Å². The lowest BCUT2D eigenvalue weighted by molar-refractivity contribution is 0.122. The molecular weight excluding hydrogens is 504 g/mol. The molecule has 1 aliphatic carbocycles. The number of halogens is 1. The highest BCUT2D eigenvalue weighted by Gasteiger charge is 2.34. The summed E-state index contributed by atoms with van der Waals surface area (Å²) < 4.78 is 5.57. The zero-order chi connectivity index (χ0) is 25.5. The maximum atomic E-state index is 6.37. The molecular formula is C28H39ClN6OS. The second-order valence-corrected chi connectivity index (χ2v) is 11.4. The fourth-order valence-corrected chi connectivity index (χ4v) is 6.26. The monoisotopic (exact) mass is 542 g/mol. The van der Waals surface area contributed by atoms with Crippen molar-refractivity contribution in [3.8, 4) is 0 Å². The first-order valence-electron chi connectivity index (χ1n) is 13.9. The van der Waals surface area contributed by atoms with Gasteiger partial charge in [-0.2, -0.15) is 9.97 Å². The molecule has 1 saturated carbocycles. The second kappa shape index (κ2) is 12.6. The third-order valence-electron chi connectivity index (χ3n) is 8.02. The van der Waals surface area contributed by atoms with Gasteiger partial charge in [0.2, 0.25) is 5.95 Å². The molecule has 1 aromatic carbocycles. The number of hydrogen-bond donors (Lipinski definition) is 2. The number of aromatic nitrogens is 2. The second-order valence-electron chi connectivity index (χ2n) is 10.6.